The highest BCUT2D eigenvalue weighted by Crippen LogP contribution is 2.30. The van der Waals surface area contributed by atoms with Crippen molar-refractivity contribution in [3.63, 3.8) is 0 Å². The van der Waals surface area contributed by atoms with Crippen molar-refractivity contribution >= 4 is 39.8 Å². The second-order valence-electron chi connectivity index (χ2n) is 6.99. The van der Waals surface area contributed by atoms with E-state index >= 15 is 0 Å². The maximum Gasteiger partial charge on any atom is 0.192 e. The third kappa shape index (κ3) is 3.75. The van der Waals surface area contributed by atoms with Gasteiger partial charge in [0.25, 0.3) is 0 Å². The molecular weight excluding hydrogens is 404 g/mol. The summed E-state index contributed by atoms with van der Waals surface area (Å²) in [5.41, 5.74) is 1.69. The van der Waals surface area contributed by atoms with Crippen LogP contribution in [0.15, 0.2) is 53.1 Å². The molecule has 0 aliphatic carbocycles. The lowest BCUT2D eigenvalue weighted by Crippen LogP contribution is -2.17. The molecule has 5 rings (SSSR count). The van der Waals surface area contributed by atoms with Crippen LogP contribution >= 0.6 is 23.1 Å². The summed E-state index contributed by atoms with van der Waals surface area (Å²) in [5.74, 6) is 1.24. The molecule has 3 aromatic heterocycles. The summed E-state index contributed by atoms with van der Waals surface area (Å²) in [4.78, 5) is 17.1. The minimum absolute atomic E-state index is 0.0804. The average Bonchev–Trinajstić information content (AvgIpc) is 3.53. The number of thiophene rings is 1. The van der Waals surface area contributed by atoms with Crippen molar-refractivity contribution in [2.24, 2.45) is 0 Å². The van der Waals surface area contributed by atoms with Crippen LogP contribution in [0, 0.1) is 0 Å². The molecule has 1 N–H and O–H groups in total. The number of ether oxygens (including phenoxy) is 1. The molecule has 8 heteroatoms. The maximum absolute atomic E-state index is 12.9. The quantitative estimate of drug-likeness (QED) is 0.346. The summed E-state index contributed by atoms with van der Waals surface area (Å²) in [6.45, 7) is 1.52. The molecule has 0 radical (unpaired) electrons. The predicted molar refractivity (Wildman–Crippen MR) is 116 cm³/mol. The number of hydrogen-bond donors (Lipinski definition) is 1. The fourth-order valence-electron chi connectivity index (χ4n) is 3.65. The number of carbonyl (C=O) groups excluding carboxylic acids is 1. The van der Waals surface area contributed by atoms with Crippen molar-refractivity contribution in [3.05, 3.63) is 53.5 Å². The second-order valence-corrected chi connectivity index (χ2v) is 8.88. The van der Waals surface area contributed by atoms with E-state index in [2.05, 4.69) is 19.7 Å². The summed E-state index contributed by atoms with van der Waals surface area (Å²) in [6.07, 6.45) is 4.10. The van der Waals surface area contributed by atoms with E-state index in [1.54, 1.807) is 17.5 Å². The van der Waals surface area contributed by atoms with Crippen LogP contribution in [-0.2, 0) is 11.3 Å². The Morgan fingerprint density at radius 2 is 2.21 bits per heavy atom. The number of hydrogen-bond acceptors (Lipinski definition) is 6. The van der Waals surface area contributed by atoms with Crippen LogP contribution in [0.1, 0.15) is 23.2 Å². The van der Waals surface area contributed by atoms with Gasteiger partial charge in [-0.25, -0.2) is 0 Å². The minimum atomic E-state index is 0.0804. The van der Waals surface area contributed by atoms with Gasteiger partial charge in [0.2, 0.25) is 0 Å². The molecule has 0 bridgehead atoms. The van der Waals surface area contributed by atoms with Gasteiger partial charge >= 0.3 is 0 Å². The SMILES string of the molecule is O=C(CSc1nnc(-c2cccs2)n1C[C@H]1CCCO1)c1c[nH]c2ccccc12. The Morgan fingerprint density at radius 1 is 1.28 bits per heavy atom. The van der Waals surface area contributed by atoms with Gasteiger partial charge in [-0.1, -0.05) is 36.0 Å². The normalized spacial score (nSPS) is 16.6. The number of fused-ring (bicyclic) bond motifs is 1. The van der Waals surface area contributed by atoms with Gasteiger partial charge in [0.15, 0.2) is 16.8 Å². The summed E-state index contributed by atoms with van der Waals surface area (Å²) in [6, 6.07) is 11.9. The van der Waals surface area contributed by atoms with Crippen LogP contribution in [0.4, 0.5) is 0 Å². The molecule has 0 spiro atoms. The molecule has 0 saturated carbocycles. The van der Waals surface area contributed by atoms with E-state index in [1.165, 1.54) is 11.8 Å². The molecule has 1 fully saturated rings. The number of para-hydroxylation sites is 1. The average molecular weight is 425 g/mol. The van der Waals surface area contributed by atoms with Crippen LogP contribution in [-0.4, -0.2) is 44.0 Å². The smallest absolute Gasteiger partial charge is 0.192 e. The highest BCUT2D eigenvalue weighted by molar-refractivity contribution is 7.99. The lowest BCUT2D eigenvalue weighted by molar-refractivity contribution is 0.0953. The monoisotopic (exact) mass is 424 g/mol. The third-order valence-electron chi connectivity index (χ3n) is 5.09. The number of nitrogens with zero attached hydrogens (tertiary/aromatic N) is 3. The van der Waals surface area contributed by atoms with Gasteiger partial charge in [0, 0.05) is 29.3 Å². The van der Waals surface area contributed by atoms with Crippen LogP contribution in [0.25, 0.3) is 21.6 Å². The van der Waals surface area contributed by atoms with Crippen LogP contribution < -0.4 is 0 Å². The lowest BCUT2D eigenvalue weighted by Gasteiger charge is -2.14. The number of thioether (sulfide) groups is 1. The lowest BCUT2D eigenvalue weighted by atomic mass is 10.1. The summed E-state index contributed by atoms with van der Waals surface area (Å²) >= 11 is 3.08. The molecule has 6 nitrogen and oxygen atoms in total. The molecule has 0 unspecified atom stereocenters. The van der Waals surface area contributed by atoms with Gasteiger partial charge in [0.05, 0.1) is 23.3 Å². The molecule has 1 aliphatic rings. The van der Waals surface area contributed by atoms with Crippen molar-refractivity contribution in [1.29, 1.82) is 0 Å². The zero-order valence-corrected chi connectivity index (χ0v) is 17.3. The van der Waals surface area contributed by atoms with E-state index in [1.807, 2.05) is 41.8 Å². The standard InChI is InChI=1S/C21H20N4O2S2/c26-18(16-11-22-17-7-2-1-6-15(16)17)13-29-21-24-23-20(19-8-4-10-28-19)25(21)12-14-5-3-9-27-14/h1-2,4,6-8,10-11,14,22H,3,5,9,12-13H2/t14-/m1/s1. The summed E-state index contributed by atoms with van der Waals surface area (Å²) in [7, 11) is 0. The largest absolute Gasteiger partial charge is 0.376 e. The van der Waals surface area contributed by atoms with E-state index in [0.717, 1.165) is 51.8 Å². The topological polar surface area (TPSA) is 72.8 Å². The van der Waals surface area contributed by atoms with E-state index in [-0.39, 0.29) is 11.9 Å². The zero-order chi connectivity index (χ0) is 19.6. The maximum atomic E-state index is 12.9. The van der Waals surface area contributed by atoms with Gasteiger partial charge in [0.1, 0.15) is 0 Å². The Hall–Kier alpha value is -2.42. The highest BCUT2D eigenvalue weighted by atomic mass is 32.2. The first-order chi connectivity index (χ1) is 14.3. The number of carbonyl (C=O) groups is 1. The molecule has 4 aromatic rings. The summed E-state index contributed by atoms with van der Waals surface area (Å²) in [5, 5.41) is 12.6. The number of nitrogens with one attached hydrogen (secondary N) is 1. The van der Waals surface area contributed by atoms with E-state index < -0.39 is 0 Å². The first-order valence-electron chi connectivity index (χ1n) is 9.60. The van der Waals surface area contributed by atoms with Crippen molar-refractivity contribution in [1.82, 2.24) is 19.7 Å². The van der Waals surface area contributed by atoms with Gasteiger partial charge in [-0.15, -0.1) is 21.5 Å². The van der Waals surface area contributed by atoms with Gasteiger partial charge in [-0.2, -0.15) is 0 Å². The zero-order valence-electron chi connectivity index (χ0n) is 15.7. The Bertz CT molecular complexity index is 1130. The van der Waals surface area contributed by atoms with E-state index in [0.29, 0.717) is 12.3 Å². The number of benzene rings is 1. The number of aromatic nitrogens is 4. The second kappa shape index (κ2) is 8.14. The molecule has 0 amide bonds. The summed E-state index contributed by atoms with van der Waals surface area (Å²) < 4.78 is 7.94. The molecule has 148 valence electrons. The Balaban J connectivity index is 1.38. The Labute approximate surface area is 176 Å². The molecule has 1 aliphatic heterocycles. The van der Waals surface area contributed by atoms with Crippen LogP contribution in [0.5, 0.6) is 0 Å². The van der Waals surface area contributed by atoms with Crippen molar-refractivity contribution in [3.8, 4) is 10.7 Å². The van der Waals surface area contributed by atoms with Crippen LogP contribution in [0.3, 0.4) is 0 Å². The molecule has 1 atom stereocenters. The highest BCUT2D eigenvalue weighted by Gasteiger charge is 2.23. The molecule has 4 heterocycles. The minimum Gasteiger partial charge on any atom is -0.376 e. The van der Waals surface area contributed by atoms with E-state index in [4.69, 9.17) is 4.74 Å². The Morgan fingerprint density at radius 3 is 3.03 bits per heavy atom. The van der Waals surface area contributed by atoms with Crippen molar-refractivity contribution in [2.45, 2.75) is 30.6 Å². The number of aromatic amines is 1. The van der Waals surface area contributed by atoms with Crippen molar-refractivity contribution in [2.75, 3.05) is 12.4 Å². The predicted octanol–water partition coefficient (Wildman–Crippen LogP) is 4.64. The Kier molecular flexibility index (Phi) is 5.22. The molecule has 29 heavy (non-hydrogen) atoms. The fraction of sp³-hybridized carbons (Fsp3) is 0.286. The van der Waals surface area contributed by atoms with Crippen LogP contribution in [0.2, 0.25) is 0 Å². The first-order valence-corrected chi connectivity index (χ1v) is 11.5. The molecular formula is C21H20N4O2S2. The number of H-pyrrole nitrogens is 1. The van der Waals surface area contributed by atoms with E-state index in [9.17, 15) is 4.79 Å². The fourth-order valence-corrected chi connectivity index (χ4v) is 5.20. The van der Waals surface area contributed by atoms with Crippen molar-refractivity contribution < 1.29 is 9.53 Å². The number of ketones is 1. The van der Waals surface area contributed by atoms with Gasteiger partial charge in [-0.3, -0.25) is 9.36 Å². The molecule has 1 aromatic carbocycles. The number of rotatable bonds is 7. The molecule has 1 saturated heterocycles. The number of Topliss-reactive ketones (excluding diaryl/α,β-unsaturated/α-hetero) is 1. The van der Waals surface area contributed by atoms with Gasteiger partial charge < -0.3 is 9.72 Å². The van der Waals surface area contributed by atoms with Gasteiger partial charge in [-0.05, 0) is 30.4 Å². The third-order valence-corrected chi connectivity index (χ3v) is 6.92. The first kappa shape index (κ1) is 18.6.